The van der Waals surface area contributed by atoms with Crippen LogP contribution in [0.2, 0.25) is 0 Å². The van der Waals surface area contributed by atoms with Crippen LogP contribution in [0.25, 0.3) is 0 Å². The molecule has 0 aliphatic heterocycles. The molecule has 0 rings (SSSR count). The van der Waals surface area contributed by atoms with Crippen molar-refractivity contribution in [2.24, 2.45) is 5.92 Å². The van der Waals surface area contributed by atoms with E-state index in [-0.39, 0.29) is 0 Å². The zero-order valence-electron chi connectivity index (χ0n) is 11.9. The molecular formula is C15H32O. The summed E-state index contributed by atoms with van der Waals surface area (Å²) >= 11 is 0. The molecule has 0 spiro atoms. The van der Waals surface area contributed by atoms with Crippen molar-refractivity contribution in [2.75, 3.05) is 0 Å². The van der Waals surface area contributed by atoms with E-state index in [0.717, 1.165) is 12.3 Å². The molecule has 0 radical (unpaired) electrons. The maximum atomic E-state index is 9.89. The molecule has 0 saturated heterocycles. The summed E-state index contributed by atoms with van der Waals surface area (Å²) in [4.78, 5) is 0. The van der Waals surface area contributed by atoms with Gasteiger partial charge in [0.15, 0.2) is 0 Å². The smallest absolute Gasteiger partial charge is 0.0594 e. The number of hydrogen-bond donors (Lipinski definition) is 1. The fourth-order valence-corrected chi connectivity index (χ4v) is 2.41. The SMILES string of the molecule is CCCCCCC(CCCC)CC(C)(C)O. The van der Waals surface area contributed by atoms with Crippen LogP contribution in [-0.4, -0.2) is 10.7 Å². The van der Waals surface area contributed by atoms with Gasteiger partial charge in [0.1, 0.15) is 0 Å². The molecule has 1 nitrogen and oxygen atoms in total. The van der Waals surface area contributed by atoms with Gasteiger partial charge in [0.2, 0.25) is 0 Å². The first kappa shape index (κ1) is 16.0. The van der Waals surface area contributed by atoms with E-state index >= 15 is 0 Å². The molecule has 1 atom stereocenters. The van der Waals surface area contributed by atoms with E-state index in [9.17, 15) is 5.11 Å². The summed E-state index contributed by atoms with van der Waals surface area (Å²) in [6.45, 7) is 8.39. The third kappa shape index (κ3) is 10.5. The molecular weight excluding hydrogens is 196 g/mol. The Kier molecular flexibility index (Phi) is 9.02. The summed E-state index contributed by atoms with van der Waals surface area (Å²) in [6, 6.07) is 0. The van der Waals surface area contributed by atoms with Crippen LogP contribution in [0.15, 0.2) is 0 Å². The molecule has 0 heterocycles. The van der Waals surface area contributed by atoms with E-state index in [1.807, 2.05) is 13.8 Å². The Morgan fingerprint density at radius 2 is 1.44 bits per heavy atom. The third-order valence-electron chi connectivity index (χ3n) is 3.22. The zero-order chi connectivity index (χ0) is 12.4. The predicted octanol–water partition coefficient (Wildman–Crippen LogP) is 4.92. The second kappa shape index (κ2) is 9.04. The molecule has 0 bridgehead atoms. The molecule has 1 heteroatoms. The molecule has 0 aromatic carbocycles. The Hall–Kier alpha value is -0.0400. The number of aliphatic hydroxyl groups is 1. The molecule has 0 aromatic rings. The maximum Gasteiger partial charge on any atom is 0.0594 e. The van der Waals surface area contributed by atoms with Crippen molar-refractivity contribution in [1.29, 1.82) is 0 Å². The van der Waals surface area contributed by atoms with Crippen molar-refractivity contribution in [3.8, 4) is 0 Å². The Morgan fingerprint density at radius 3 is 1.94 bits per heavy atom. The monoisotopic (exact) mass is 228 g/mol. The van der Waals surface area contributed by atoms with Crippen LogP contribution < -0.4 is 0 Å². The molecule has 1 N–H and O–H groups in total. The average molecular weight is 228 g/mol. The molecule has 98 valence electrons. The lowest BCUT2D eigenvalue weighted by Gasteiger charge is -2.25. The predicted molar refractivity (Wildman–Crippen MR) is 72.7 cm³/mol. The Labute approximate surface area is 103 Å². The first-order valence-corrected chi connectivity index (χ1v) is 7.22. The lowest BCUT2D eigenvalue weighted by Crippen LogP contribution is -2.23. The van der Waals surface area contributed by atoms with Gasteiger partial charge in [-0.25, -0.2) is 0 Å². The molecule has 0 amide bonds. The van der Waals surface area contributed by atoms with Crippen molar-refractivity contribution < 1.29 is 5.11 Å². The van der Waals surface area contributed by atoms with E-state index in [4.69, 9.17) is 0 Å². The summed E-state index contributed by atoms with van der Waals surface area (Å²) < 4.78 is 0. The van der Waals surface area contributed by atoms with E-state index in [1.165, 1.54) is 51.4 Å². The van der Waals surface area contributed by atoms with Gasteiger partial charge in [0.05, 0.1) is 5.60 Å². The maximum absolute atomic E-state index is 9.89. The average Bonchev–Trinajstić information content (AvgIpc) is 2.18. The standard InChI is InChI=1S/C15H32O/c1-5-7-9-10-12-14(11-8-6-2)13-15(3,4)16/h14,16H,5-13H2,1-4H3. The lowest BCUT2D eigenvalue weighted by molar-refractivity contribution is 0.0486. The summed E-state index contributed by atoms with van der Waals surface area (Å²) in [5.74, 6) is 0.733. The van der Waals surface area contributed by atoms with Crippen LogP contribution in [0, 0.1) is 5.92 Å². The minimum atomic E-state index is -0.483. The fourth-order valence-electron chi connectivity index (χ4n) is 2.41. The Morgan fingerprint density at radius 1 is 0.875 bits per heavy atom. The van der Waals surface area contributed by atoms with E-state index in [2.05, 4.69) is 13.8 Å². The van der Waals surface area contributed by atoms with Crippen LogP contribution in [0.4, 0.5) is 0 Å². The molecule has 0 aliphatic carbocycles. The fraction of sp³-hybridized carbons (Fsp3) is 1.00. The van der Waals surface area contributed by atoms with Gasteiger partial charge in [-0.3, -0.25) is 0 Å². The third-order valence-corrected chi connectivity index (χ3v) is 3.22. The summed E-state index contributed by atoms with van der Waals surface area (Å²) in [6.07, 6.45) is 11.6. The van der Waals surface area contributed by atoms with Crippen molar-refractivity contribution in [1.82, 2.24) is 0 Å². The van der Waals surface area contributed by atoms with Gasteiger partial charge >= 0.3 is 0 Å². The van der Waals surface area contributed by atoms with Crippen LogP contribution >= 0.6 is 0 Å². The van der Waals surface area contributed by atoms with Gasteiger partial charge in [-0.15, -0.1) is 0 Å². The molecule has 16 heavy (non-hydrogen) atoms. The first-order chi connectivity index (χ1) is 7.49. The Balaban J connectivity index is 3.81. The number of hydrogen-bond acceptors (Lipinski definition) is 1. The van der Waals surface area contributed by atoms with Gasteiger partial charge in [-0.2, -0.15) is 0 Å². The summed E-state index contributed by atoms with van der Waals surface area (Å²) in [5.41, 5.74) is -0.483. The molecule has 0 saturated carbocycles. The highest BCUT2D eigenvalue weighted by molar-refractivity contribution is 4.72. The van der Waals surface area contributed by atoms with Crippen LogP contribution in [0.3, 0.4) is 0 Å². The molecule has 0 aromatic heterocycles. The van der Waals surface area contributed by atoms with Gasteiger partial charge in [0, 0.05) is 0 Å². The van der Waals surface area contributed by atoms with E-state index in [1.54, 1.807) is 0 Å². The van der Waals surface area contributed by atoms with E-state index in [0.29, 0.717) is 0 Å². The summed E-state index contributed by atoms with van der Waals surface area (Å²) in [5, 5.41) is 9.89. The van der Waals surface area contributed by atoms with Gasteiger partial charge < -0.3 is 5.11 Å². The van der Waals surface area contributed by atoms with Gasteiger partial charge in [0.25, 0.3) is 0 Å². The van der Waals surface area contributed by atoms with Crippen LogP contribution in [0.1, 0.15) is 85.5 Å². The van der Waals surface area contributed by atoms with Gasteiger partial charge in [-0.1, -0.05) is 65.2 Å². The molecule has 0 aliphatic rings. The minimum absolute atomic E-state index is 0.483. The highest BCUT2D eigenvalue weighted by atomic mass is 16.3. The highest BCUT2D eigenvalue weighted by Crippen LogP contribution is 2.26. The van der Waals surface area contributed by atoms with Crippen LogP contribution in [-0.2, 0) is 0 Å². The van der Waals surface area contributed by atoms with Crippen molar-refractivity contribution in [3.63, 3.8) is 0 Å². The lowest BCUT2D eigenvalue weighted by atomic mass is 9.86. The second-order valence-electron chi connectivity index (χ2n) is 5.87. The van der Waals surface area contributed by atoms with Crippen molar-refractivity contribution in [2.45, 2.75) is 91.1 Å². The molecule has 1 unspecified atom stereocenters. The normalized spacial score (nSPS) is 14.1. The first-order valence-electron chi connectivity index (χ1n) is 7.22. The van der Waals surface area contributed by atoms with Crippen molar-refractivity contribution >= 4 is 0 Å². The van der Waals surface area contributed by atoms with Gasteiger partial charge in [-0.05, 0) is 26.2 Å². The van der Waals surface area contributed by atoms with E-state index < -0.39 is 5.60 Å². The largest absolute Gasteiger partial charge is 0.390 e. The highest BCUT2D eigenvalue weighted by Gasteiger charge is 2.19. The minimum Gasteiger partial charge on any atom is -0.390 e. The zero-order valence-corrected chi connectivity index (χ0v) is 11.9. The second-order valence-corrected chi connectivity index (χ2v) is 5.87. The summed E-state index contributed by atoms with van der Waals surface area (Å²) in [7, 11) is 0. The number of unbranched alkanes of at least 4 members (excludes halogenated alkanes) is 4. The number of rotatable bonds is 10. The quantitative estimate of drug-likeness (QED) is 0.526. The Bertz CT molecular complexity index is 146. The molecule has 0 fully saturated rings. The topological polar surface area (TPSA) is 20.2 Å². The van der Waals surface area contributed by atoms with Crippen LogP contribution in [0.5, 0.6) is 0 Å². The van der Waals surface area contributed by atoms with Crippen molar-refractivity contribution in [3.05, 3.63) is 0 Å².